The Labute approximate surface area is 337 Å². The first-order valence-electron chi connectivity index (χ1n) is 16.0. The number of amides is 1. The van der Waals surface area contributed by atoms with Crippen LogP contribution in [0.25, 0.3) is 10.8 Å². The van der Waals surface area contributed by atoms with E-state index in [2.05, 4.69) is 45.2 Å². The summed E-state index contributed by atoms with van der Waals surface area (Å²) in [6, 6.07) is 14.1. The number of rotatable bonds is 18. The van der Waals surface area contributed by atoms with Crippen LogP contribution in [0.3, 0.4) is 0 Å². The van der Waals surface area contributed by atoms with Crippen molar-refractivity contribution in [1.82, 2.24) is 15.0 Å². The molecule has 0 aliphatic carbocycles. The fourth-order valence-corrected chi connectivity index (χ4v) is 8.09. The van der Waals surface area contributed by atoms with E-state index in [-0.39, 0.29) is 68.5 Å². The second kappa shape index (κ2) is 18.7. The van der Waals surface area contributed by atoms with E-state index in [1.165, 1.54) is 30.3 Å². The maximum atomic E-state index is 13.2. The molecule has 0 unspecified atom stereocenters. The van der Waals surface area contributed by atoms with E-state index in [1.807, 2.05) is 0 Å². The van der Waals surface area contributed by atoms with Gasteiger partial charge in [0.15, 0.2) is 10.9 Å². The van der Waals surface area contributed by atoms with Crippen molar-refractivity contribution < 1.29 is 68.2 Å². The molecule has 1 amide bonds. The van der Waals surface area contributed by atoms with E-state index < -0.39 is 68.9 Å². The Morgan fingerprint density at radius 2 is 1.60 bits per heavy atom. The standard InChI is InChI=1S/C31H29N7O15S5/c1-2-51-30-34-29(35-31(36-30)54-11-6-12-56(42,43)44)32-19-9-10-23(57(45,46)47)21(15-19)37-38-26-24(58(48,49)50)14-18-13-20(55-53-52-41)16-22(25(18)27(26)39)33-28(40)17-7-4-3-5-8-17/h3-5,7-10,13-16,39,41H,2,6,11-12H2,1H3,(H,33,40)(H,42,43,44)(H,45,46,47)(H,48,49,50)(H,32,34,35,36). The highest BCUT2D eigenvalue weighted by molar-refractivity contribution is 7.99. The summed E-state index contributed by atoms with van der Waals surface area (Å²) in [5, 5.41) is 36.5. The van der Waals surface area contributed by atoms with Gasteiger partial charge in [-0.1, -0.05) is 35.0 Å². The van der Waals surface area contributed by atoms with E-state index in [9.17, 15) is 44.3 Å². The molecule has 0 aliphatic heterocycles. The number of thioether (sulfide) groups is 1. The zero-order valence-electron chi connectivity index (χ0n) is 29.3. The van der Waals surface area contributed by atoms with Crippen LogP contribution in [0, 0.1) is 0 Å². The lowest BCUT2D eigenvalue weighted by Gasteiger charge is -2.15. The molecule has 27 heteroatoms. The first-order chi connectivity index (χ1) is 27.4. The van der Waals surface area contributed by atoms with Gasteiger partial charge in [0, 0.05) is 27.3 Å². The molecule has 22 nitrogen and oxygen atoms in total. The molecular weight excluding hydrogens is 871 g/mol. The van der Waals surface area contributed by atoms with Crippen LogP contribution in [0.15, 0.2) is 96.8 Å². The molecule has 0 saturated carbocycles. The number of fused-ring (bicyclic) bond motifs is 1. The summed E-state index contributed by atoms with van der Waals surface area (Å²) in [7, 11) is -14.5. The third-order valence-electron chi connectivity index (χ3n) is 7.24. The van der Waals surface area contributed by atoms with Gasteiger partial charge in [0.05, 0.1) is 30.1 Å². The zero-order valence-corrected chi connectivity index (χ0v) is 33.4. The number of phenols is 1. The van der Waals surface area contributed by atoms with Gasteiger partial charge in [-0.3, -0.25) is 18.5 Å². The molecule has 4 aromatic carbocycles. The molecule has 1 heterocycles. The van der Waals surface area contributed by atoms with Crippen LogP contribution in [0.2, 0.25) is 0 Å². The Morgan fingerprint density at radius 1 is 0.879 bits per heavy atom. The summed E-state index contributed by atoms with van der Waals surface area (Å²) in [5.74, 6) is -2.13. The molecule has 0 bridgehead atoms. The zero-order chi connectivity index (χ0) is 42.3. The van der Waals surface area contributed by atoms with Crippen molar-refractivity contribution in [3.63, 3.8) is 0 Å². The number of hydrogen-bond acceptors (Lipinski definition) is 20. The Kier molecular flexibility index (Phi) is 14.2. The fraction of sp³-hybridized carbons (Fsp3) is 0.161. The minimum Gasteiger partial charge on any atom is -0.505 e. The first kappa shape index (κ1) is 44.0. The molecule has 0 atom stereocenters. The predicted molar refractivity (Wildman–Crippen MR) is 207 cm³/mol. The quantitative estimate of drug-likeness (QED) is 0.0103. The molecule has 5 aromatic rings. The average Bonchev–Trinajstić information content (AvgIpc) is 3.14. The number of aromatic nitrogens is 3. The Bertz CT molecular complexity index is 2710. The smallest absolute Gasteiger partial charge is 0.322 e. The fourth-order valence-electron chi connectivity index (χ4n) is 4.92. The van der Waals surface area contributed by atoms with Crippen LogP contribution >= 0.6 is 23.8 Å². The van der Waals surface area contributed by atoms with Gasteiger partial charge in [-0.15, -0.1) is 14.6 Å². The van der Waals surface area contributed by atoms with E-state index in [0.29, 0.717) is 12.0 Å². The largest absolute Gasteiger partial charge is 0.505 e. The van der Waals surface area contributed by atoms with Crippen LogP contribution in [0.1, 0.15) is 23.7 Å². The van der Waals surface area contributed by atoms with Gasteiger partial charge in [0.1, 0.15) is 21.2 Å². The molecule has 0 spiro atoms. The summed E-state index contributed by atoms with van der Waals surface area (Å²) in [4.78, 5) is 23.9. The molecule has 58 heavy (non-hydrogen) atoms. The Balaban J connectivity index is 1.60. The summed E-state index contributed by atoms with van der Waals surface area (Å²) < 4.78 is 111. The highest BCUT2D eigenvalue weighted by Gasteiger charge is 2.26. The number of ether oxygens (including phenoxy) is 1. The number of hydrogen-bond donors (Lipinski definition) is 7. The molecule has 0 fully saturated rings. The Morgan fingerprint density at radius 3 is 2.26 bits per heavy atom. The monoisotopic (exact) mass is 899 g/mol. The molecule has 308 valence electrons. The summed E-state index contributed by atoms with van der Waals surface area (Å²) in [5.41, 5.74) is -1.51. The van der Waals surface area contributed by atoms with Crippen molar-refractivity contribution in [2.45, 2.75) is 33.2 Å². The third kappa shape index (κ3) is 11.8. The van der Waals surface area contributed by atoms with Crippen LogP contribution < -0.4 is 15.4 Å². The number of benzene rings is 4. The molecule has 1 aromatic heterocycles. The van der Waals surface area contributed by atoms with Gasteiger partial charge >= 0.3 is 6.01 Å². The van der Waals surface area contributed by atoms with Gasteiger partial charge in [-0.2, -0.15) is 40.2 Å². The number of phenolic OH excluding ortho intramolecular Hbond substituents is 1. The third-order valence-corrected chi connectivity index (χ3v) is 11.3. The molecule has 0 radical (unpaired) electrons. The number of nitrogens with one attached hydrogen (secondary N) is 2. The van der Waals surface area contributed by atoms with E-state index in [0.717, 1.165) is 30.0 Å². The van der Waals surface area contributed by atoms with Crippen LogP contribution in [-0.2, 0) is 39.7 Å². The highest BCUT2D eigenvalue weighted by Crippen LogP contribution is 2.46. The minimum atomic E-state index is -5.24. The van der Waals surface area contributed by atoms with Crippen LogP contribution in [0.5, 0.6) is 11.8 Å². The molecule has 0 saturated heterocycles. The first-order valence-corrected chi connectivity index (χ1v) is 22.2. The van der Waals surface area contributed by atoms with E-state index in [4.69, 9.17) is 14.5 Å². The van der Waals surface area contributed by atoms with E-state index in [1.54, 1.807) is 25.1 Å². The maximum absolute atomic E-state index is 13.2. The summed E-state index contributed by atoms with van der Waals surface area (Å²) in [6.07, 6.45) is 0.0538. The predicted octanol–water partition coefficient (Wildman–Crippen LogP) is 5.83. The van der Waals surface area contributed by atoms with Crippen molar-refractivity contribution in [1.29, 1.82) is 0 Å². The second-order valence-corrected chi connectivity index (χ2v) is 17.5. The molecule has 7 N–H and O–H groups in total. The van der Waals surface area contributed by atoms with Gasteiger partial charge in [-0.05, 0) is 67.3 Å². The summed E-state index contributed by atoms with van der Waals surface area (Å²) >= 11 is 1.43. The minimum absolute atomic E-state index is 0.0140. The van der Waals surface area contributed by atoms with Gasteiger partial charge in [-0.25, -0.2) is 5.26 Å². The normalized spacial score (nSPS) is 12.2. The SMILES string of the molecule is CCOc1nc(Nc2ccc(S(=O)(=O)O)c(N=Nc3c(S(=O)(=O)O)cc4cc(SOOO)cc(NC(=O)c5ccccc5)c4c3O)c2)nc(SCCCS(=O)(=O)O)n1. The lowest BCUT2D eigenvalue weighted by Crippen LogP contribution is -2.12. The number of carbonyl (C=O) groups is 1. The summed E-state index contributed by atoms with van der Waals surface area (Å²) in [6.45, 7) is 1.80. The van der Waals surface area contributed by atoms with Crippen LogP contribution in [-0.4, -0.2) is 88.2 Å². The van der Waals surface area contributed by atoms with Crippen molar-refractivity contribution in [2.24, 2.45) is 10.2 Å². The lowest BCUT2D eigenvalue weighted by molar-refractivity contribution is -0.432. The number of nitrogens with zero attached hydrogens (tertiary/aromatic N) is 5. The maximum Gasteiger partial charge on any atom is 0.322 e. The lowest BCUT2D eigenvalue weighted by atomic mass is 10.1. The topological polar surface area (TPSA) is 336 Å². The average molecular weight is 900 g/mol. The van der Waals surface area contributed by atoms with E-state index >= 15 is 0 Å². The number of anilines is 3. The van der Waals surface area contributed by atoms with Gasteiger partial charge in [0.2, 0.25) is 5.95 Å². The van der Waals surface area contributed by atoms with Crippen molar-refractivity contribution in [3.05, 3.63) is 72.3 Å². The number of aromatic hydroxyl groups is 1. The van der Waals surface area contributed by atoms with Gasteiger partial charge < -0.3 is 20.5 Å². The van der Waals surface area contributed by atoms with Crippen LogP contribution in [0.4, 0.5) is 28.7 Å². The Hall–Kier alpha value is -5.07. The number of azo groups is 1. The molecule has 5 rings (SSSR count). The molecule has 0 aliphatic rings. The highest BCUT2D eigenvalue weighted by atomic mass is 32.2. The van der Waals surface area contributed by atoms with Crippen molar-refractivity contribution in [3.8, 4) is 11.8 Å². The van der Waals surface area contributed by atoms with Crippen molar-refractivity contribution in [2.75, 3.05) is 28.7 Å². The second-order valence-electron chi connectivity index (χ2n) is 11.3. The number of carbonyl (C=O) groups excluding carboxylic acids is 1. The van der Waals surface area contributed by atoms with Gasteiger partial charge in [0.25, 0.3) is 36.3 Å². The van der Waals surface area contributed by atoms with Crippen molar-refractivity contribution >= 4 is 99.5 Å². The molecular formula is C31H29N7O15S5.